The average molecular weight is 207 g/mol. The maximum absolute atomic E-state index is 7.36. The van der Waals surface area contributed by atoms with E-state index in [1.54, 1.807) is 6.20 Å². The minimum Gasteiger partial charge on any atom is -0.382 e. The molecule has 80 valence electrons. The third kappa shape index (κ3) is 2.31. The molecule has 0 saturated carbocycles. The molecule has 15 heavy (non-hydrogen) atoms. The van der Waals surface area contributed by atoms with Gasteiger partial charge in [-0.25, -0.2) is 0 Å². The molecule has 1 saturated heterocycles. The van der Waals surface area contributed by atoms with E-state index in [1.165, 1.54) is 0 Å². The molecule has 0 spiro atoms. The van der Waals surface area contributed by atoms with Crippen molar-refractivity contribution in [2.75, 3.05) is 13.2 Å². The molecule has 1 aromatic heterocycles. The van der Waals surface area contributed by atoms with Gasteiger partial charge in [-0.2, -0.15) is 0 Å². The number of nitrogen functional groups attached to an aromatic ring is 1. The first-order chi connectivity index (χ1) is 7.27. The van der Waals surface area contributed by atoms with E-state index in [0.29, 0.717) is 25.5 Å². The number of hydrogen-bond donors (Lipinski definition) is 2. The second kappa shape index (κ2) is 4.37. The standard InChI is InChI=1S/C10H13N3O2/c11-10(12)9-7(2-1-3-13-9)4-15-8-5-14-6-8/h1-3,8H,4-6H2,(H3,11,12). The Morgan fingerprint density at radius 2 is 2.47 bits per heavy atom. The summed E-state index contributed by atoms with van der Waals surface area (Å²) in [5.41, 5.74) is 6.75. The maximum Gasteiger partial charge on any atom is 0.142 e. The number of nitrogens with zero attached hydrogens (tertiary/aromatic N) is 1. The Balaban J connectivity index is 2.02. The Bertz CT molecular complexity index is 363. The number of aromatic nitrogens is 1. The molecule has 2 rings (SSSR count). The Morgan fingerprint density at radius 3 is 3.07 bits per heavy atom. The number of hydrogen-bond acceptors (Lipinski definition) is 4. The van der Waals surface area contributed by atoms with Gasteiger partial charge >= 0.3 is 0 Å². The van der Waals surface area contributed by atoms with E-state index >= 15 is 0 Å². The van der Waals surface area contributed by atoms with E-state index in [1.807, 2.05) is 12.1 Å². The molecule has 0 atom stereocenters. The molecule has 0 unspecified atom stereocenters. The summed E-state index contributed by atoms with van der Waals surface area (Å²) >= 11 is 0. The van der Waals surface area contributed by atoms with Crippen LogP contribution in [0, 0.1) is 5.41 Å². The summed E-state index contributed by atoms with van der Waals surface area (Å²) in [6, 6.07) is 3.67. The fourth-order valence-corrected chi connectivity index (χ4v) is 1.32. The van der Waals surface area contributed by atoms with Crippen molar-refractivity contribution < 1.29 is 9.47 Å². The molecule has 1 aliphatic rings. The third-order valence-corrected chi connectivity index (χ3v) is 2.23. The lowest BCUT2D eigenvalue weighted by Crippen LogP contribution is -2.36. The Labute approximate surface area is 87.7 Å². The van der Waals surface area contributed by atoms with Crippen LogP contribution >= 0.6 is 0 Å². The topological polar surface area (TPSA) is 81.2 Å². The van der Waals surface area contributed by atoms with Crippen molar-refractivity contribution in [1.29, 1.82) is 5.41 Å². The van der Waals surface area contributed by atoms with Crippen LogP contribution in [0.5, 0.6) is 0 Å². The third-order valence-electron chi connectivity index (χ3n) is 2.23. The summed E-state index contributed by atoms with van der Waals surface area (Å²) in [6.45, 7) is 1.72. The predicted octanol–water partition coefficient (Wildman–Crippen LogP) is 0.281. The summed E-state index contributed by atoms with van der Waals surface area (Å²) in [5, 5.41) is 7.36. The van der Waals surface area contributed by atoms with Crippen molar-refractivity contribution in [2.24, 2.45) is 5.73 Å². The van der Waals surface area contributed by atoms with Crippen LogP contribution in [0.2, 0.25) is 0 Å². The van der Waals surface area contributed by atoms with Gasteiger partial charge in [-0.15, -0.1) is 0 Å². The molecule has 1 aromatic rings. The van der Waals surface area contributed by atoms with Gasteiger partial charge in [0, 0.05) is 11.8 Å². The summed E-state index contributed by atoms with van der Waals surface area (Å²) < 4.78 is 10.5. The summed E-state index contributed by atoms with van der Waals surface area (Å²) in [5.74, 6) is -0.0286. The smallest absolute Gasteiger partial charge is 0.142 e. The average Bonchev–Trinajstić information content (AvgIpc) is 2.16. The lowest BCUT2D eigenvalue weighted by atomic mass is 10.2. The molecule has 0 amide bonds. The van der Waals surface area contributed by atoms with Crippen LogP contribution < -0.4 is 5.73 Å². The number of pyridine rings is 1. The molecule has 2 heterocycles. The molecule has 3 N–H and O–H groups in total. The highest BCUT2D eigenvalue weighted by atomic mass is 16.6. The highest BCUT2D eigenvalue weighted by molar-refractivity contribution is 5.94. The Hall–Kier alpha value is -1.46. The zero-order valence-corrected chi connectivity index (χ0v) is 8.27. The molecular formula is C10H13N3O2. The van der Waals surface area contributed by atoms with Crippen molar-refractivity contribution in [2.45, 2.75) is 12.7 Å². The predicted molar refractivity (Wildman–Crippen MR) is 54.6 cm³/mol. The highest BCUT2D eigenvalue weighted by Gasteiger charge is 2.19. The summed E-state index contributed by atoms with van der Waals surface area (Å²) in [6.07, 6.45) is 1.79. The zero-order chi connectivity index (χ0) is 10.7. The lowest BCUT2D eigenvalue weighted by molar-refractivity contribution is -0.135. The summed E-state index contributed by atoms with van der Waals surface area (Å²) in [7, 11) is 0. The van der Waals surface area contributed by atoms with Gasteiger partial charge in [0.2, 0.25) is 0 Å². The van der Waals surface area contributed by atoms with Gasteiger partial charge in [0.25, 0.3) is 0 Å². The van der Waals surface area contributed by atoms with Crippen LogP contribution in [0.15, 0.2) is 18.3 Å². The molecule has 1 fully saturated rings. The van der Waals surface area contributed by atoms with Crippen molar-refractivity contribution >= 4 is 5.84 Å². The molecule has 0 bridgehead atoms. The van der Waals surface area contributed by atoms with E-state index in [4.69, 9.17) is 20.6 Å². The van der Waals surface area contributed by atoms with Crippen molar-refractivity contribution in [3.63, 3.8) is 0 Å². The van der Waals surface area contributed by atoms with Gasteiger partial charge in [0.15, 0.2) is 0 Å². The van der Waals surface area contributed by atoms with Crippen LogP contribution in [-0.4, -0.2) is 30.1 Å². The quantitative estimate of drug-likeness (QED) is 0.549. The Kier molecular flexibility index (Phi) is 2.94. The number of ether oxygens (including phenoxy) is 2. The molecular weight excluding hydrogens is 194 g/mol. The number of amidine groups is 1. The van der Waals surface area contributed by atoms with Crippen LogP contribution in [0.1, 0.15) is 11.3 Å². The van der Waals surface area contributed by atoms with E-state index < -0.39 is 0 Å². The zero-order valence-electron chi connectivity index (χ0n) is 8.27. The SMILES string of the molecule is N=C(N)c1ncccc1COC1COC1. The minimum absolute atomic E-state index is 0.0286. The first-order valence-electron chi connectivity index (χ1n) is 4.75. The van der Waals surface area contributed by atoms with Gasteiger partial charge in [-0.3, -0.25) is 10.4 Å². The first-order valence-corrected chi connectivity index (χ1v) is 4.75. The molecule has 0 aliphatic carbocycles. The van der Waals surface area contributed by atoms with E-state index in [9.17, 15) is 0 Å². The molecule has 1 aliphatic heterocycles. The molecule has 5 nitrogen and oxygen atoms in total. The second-order valence-electron chi connectivity index (χ2n) is 3.40. The molecule has 5 heteroatoms. The van der Waals surface area contributed by atoms with Crippen LogP contribution in [-0.2, 0) is 16.1 Å². The van der Waals surface area contributed by atoms with Crippen LogP contribution in [0.25, 0.3) is 0 Å². The highest BCUT2D eigenvalue weighted by Crippen LogP contribution is 2.11. The van der Waals surface area contributed by atoms with Crippen LogP contribution in [0.3, 0.4) is 0 Å². The fourth-order valence-electron chi connectivity index (χ4n) is 1.32. The largest absolute Gasteiger partial charge is 0.382 e. The van der Waals surface area contributed by atoms with Gasteiger partial charge in [-0.05, 0) is 6.07 Å². The lowest BCUT2D eigenvalue weighted by Gasteiger charge is -2.26. The monoisotopic (exact) mass is 207 g/mol. The minimum atomic E-state index is -0.0286. The fraction of sp³-hybridized carbons (Fsp3) is 0.400. The van der Waals surface area contributed by atoms with E-state index in [-0.39, 0.29) is 11.9 Å². The van der Waals surface area contributed by atoms with Crippen molar-refractivity contribution in [3.05, 3.63) is 29.6 Å². The number of nitrogens with two attached hydrogens (primary N) is 1. The van der Waals surface area contributed by atoms with Crippen molar-refractivity contribution in [1.82, 2.24) is 4.98 Å². The van der Waals surface area contributed by atoms with E-state index in [2.05, 4.69) is 4.98 Å². The van der Waals surface area contributed by atoms with Gasteiger partial charge < -0.3 is 15.2 Å². The first kappa shape index (κ1) is 10.1. The number of rotatable bonds is 4. The maximum atomic E-state index is 7.36. The Morgan fingerprint density at radius 1 is 1.67 bits per heavy atom. The normalized spacial score (nSPS) is 16.0. The summed E-state index contributed by atoms with van der Waals surface area (Å²) in [4.78, 5) is 4.04. The van der Waals surface area contributed by atoms with Gasteiger partial charge in [0.1, 0.15) is 17.6 Å². The van der Waals surface area contributed by atoms with Crippen molar-refractivity contribution in [3.8, 4) is 0 Å². The van der Waals surface area contributed by atoms with E-state index in [0.717, 1.165) is 5.56 Å². The molecule has 0 aromatic carbocycles. The second-order valence-corrected chi connectivity index (χ2v) is 3.40. The van der Waals surface area contributed by atoms with Gasteiger partial charge in [-0.1, -0.05) is 6.07 Å². The number of nitrogens with one attached hydrogen (secondary N) is 1. The molecule has 0 radical (unpaired) electrons. The van der Waals surface area contributed by atoms with Gasteiger partial charge in [0.05, 0.1) is 19.8 Å². The van der Waals surface area contributed by atoms with Crippen LogP contribution in [0.4, 0.5) is 0 Å².